The van der Waals surface area contributed by atoms with Gasteiger partial charge in [-0.15, -0.1) is 0 Å². The highest BCUT2D eigenvalue weighted by atomic mass is 19.1. The van der Waals surface area contributed by atoms with Gasteiger partial charge in [0.2, 0.25) is 0 Å². The van der Waals surface area contributed by atoms with E-state index >= 15 is 0 Å². The molecule has 9 nitrogen and oxygen atoms in total. The van der Waals surface area contributed by atoms with Gasteiger partial charge in [0.05, 0.1) is 16.6 Å². The molecule has 0 bridgehead atoms. The first-order valence-electron chi connectivity index (χ1n) is 11.2. The van der Waals surface area contributed by atoms with Crippen molar-refractivity contribution < 1.29 is 18.1 Å². The van der Waals surface area contributed by atoms with Crippen LogP contribution in [0.1, 0.15) is 27.8 Å². The smallest absolute Gasteiger partial charge is 0.257 e. The third kappa shape index (κ3) is 3.84. The van der Waals surface area contributed by atoms with E-state index in [1.807, 2.05) is 0 Å². The minimum atomic E-state index is -0.388. The Bertz CT molecular complexity index is 1590. The minimum absolute atomic E-state index is 0.131. The van der Waals surface area contributed by atoms with Crippen LogP contribution in [0.25, 0.3) is 22.4 Å². The summed E-state index contributed by atoms with van der Waals surface area (Å²) in [4.78, 5) is 22.7. The zero-order valence-electron chi connectivity index (χ0n) is 18.8. The van der Waals surface area contributed by atoms with Crippen LogP contribution in [0, 0.1) is 11.6 Å². The van der Waals surface area contributed by atoms with Gasteiger partial charge in [-0.25, -0.2) is 13.8 Å². The van der Waals surface area contributed by atoms with E-state index in [1.165, 1.54) is 30.5 Å². The molecule has 1 fully saturated rings. The minimum Gasteiger partial charge on any atom is -0.384 e. The van der Waals surface area contributed by atoms with Crippen LogP contribution in [0.2, 0.25) is 0 Å². The van der Waals surface area contributed by atoms with Crippen LogP contribution in [0.3, 0.4) is 0 Å². The number of anilines is 1. The Morgan fingerprint density at radius 3 is 2.69 bits per heavy atom. The van der Waals surface area contributed by atoms with Gasteiger partial charge in [0.1, 0.15) is 24.0 Å². The lowest BCUT2D eigenvalue weighted by Crippen LogP contribution is -2.48. The van der Waals surface area contributed by atoms with E-state index in [2.05, 4.69) is 20.2 Å². The third-order valence-corrected chi connectivity index (χ3v) is 6.19. The predicted octanol–water partition coefficient (Wildman–Crippen LogP) is 3.63. The van der Waals surface area contributed by atoms with Gasteiger partial charge in [-0.1, -0.05) is 11.2 Å². The Kier molecular flexibility index (Phi) is 5.17. The van der Waals surface area contributed by atoms with Crippen molar-refractivity contribution in [2.45, 2.75) is 12.5 Å². The summed E-state index contributed by atoms with van der Waals surface area (Å²) in [7, 11) is 0. The predicted molar refractivity (Wildman–Crippen MR) is 126 cm³/mol. The number of fused-ring (bicyclic) bond motifs is 1. The van der Waals surface area contributed by atoms with Gasteiger partial charge in [-0.05, 0) is 48.5 Å². The number of rotatable bonds is 5. The summed E-state index contributed by atoms with van der Waals surface area (Å²) in [6.07, 6.45) is 1.49. The third-order valence-electron chi connectivity index (χ3n) is 6.19. The molecule has 0 spiro atoms. The monoisotopic (exact) mass is 487 g/mol. The second kappa shape index (κ2) is 8.52. The Morgan fingerprint density at radius 2 is 1.92 bits per heavy atom. The van der Waals surface area contributed by atoms with Gasteiger partial charge in [-0.3, -0.25) is 9.48 Å². The van der Waals surface area contributed by atoms with Crippen LogP contribution in [0.15, 0.2) is 65.3 Å². The van der Waals surface area contributed by atoms with E-state index in [-0.39, 0.29) is 41.7 Å². The highest BCUT2D eigenvalue weighted by Gasteiger charge is 2.36. The Balaban J connectivity index is 1.25. The molecule has 6 rings (SSSR count). The Hall–Kier alpha value is -4.67. The number of likely N-dealkylation sites (tertiary alicyclic amines) is 1. The van der Waals surface area contributed by atoms with Crippen molar-refractivity contribution in [2.24, 2.45) is 0 Å². The van der Waals surface area contributed by atoms with Crippen molar-refractivity contribution >= 4 is 22.6 Å². The van der Waals surface area contributed by atoms with Crippen LogP contribution in [0.5, 0.6) is 0 Å². The maximum atomic E-state index is 14.9. The molecule has 1 amide bonds. The van der Waals surface area contributed by atoms with Crippen molar-refractivity contribution in [3.8, 4) is 11.5 Å². The Labute approximate surface area is 203 Å². The molecule has 0 aliphatic carbocycles. The van der Waals surface area contributed by atoms with Crippen LogP contribution < -0.4 is 5.73 Å². The van der Waals surface area contributed by atoms with Gasteiger partial charge in [-0.2, -0.15) is 10.1 Å². The average Bonchev–Trinajstić information content (AvgIpc) is 3.45. The number of pyridine rings is 1. The number of benzene rings is 2. The molecule has 180 valence electrons. The molecule has 1 aliphatic rings. The first-order chi connectivity index (χ1) is 17.5. The van der Waals surface area contributed by atoms with E-state index in [1.54, 1.807) is 39.9 Å². The van der Waals surface area contributed by atoms with E-state index in [0.29, 0.717) is 46.6 Å². The van der Waals surface area contributed by atoms with Gasteiger partial charge < -0.3 is 15.2 Å². The lowest BCUT2D eigenvalue weighted by Gasteiger charge is -2.38. The fraction of sp³-hybridized carbons (Fsp3) is 0.160. The second-order valence-corrected chi connectivity index (χ2v) is 8.58. The maximum absolute atomic E-state index is 14.9. The number of nitrogen functional groups attached to an aromatic ring is 1. The molecule has 2 aromatic carbocycles. The first-order valence-corrected chi connectivity index (χ1v) is 11.2. The van der Waals surface area contributed by atoms with Crippen molar-refractivity contribution in [3.05, 3.63) is 89.5 Å². The number of hydrogen-bond donors (Lipinski definition) is 1. The summed E-state index contributed by atoms with van der Waals surface area (Å²) >= 11 is 0. The molecule has 2 N–H and O–H groups in total. The fourth-order valence-corrected chi connectivity index (χ4v) is 4.36. The van der Waals surface area contributed by atoms with Crippen molar-refractivity contribution in [2.75, 3.05) is 18.8 Å². The topological polar surface area (TPSA) is 116 Å². The van der Waals surface area contributed by atoms with Crippen LogP contribution in [-0.2, 0) is 6.54 Å². The van der Waals surface area contributed by atoms with Crippen molar-refractivity contribution in [1.29, 1.82) is 0 Å². The molecule has 5 aromatic rings. The lowest BCUT2D eigenvalue weighted by molar-refractivity contribution is 0.0599. The molecule has 0 unspecified atom stereocenters. The molecule has 0 saturated carbocycles. The fourth-order valence-electron chi connectivity index (χ4n) is 4.36. The standard InChI is InChI=1S/C25H19F2N7O2/c26-17-6-4-14(5-7-17)24-30-21(32-36-24)13-34-19-3-1-2-18(27)22(19)23(31-34)16-11-33(12-16)25(35)15-8-9-29-20(28)10-15/h1-10,16H,11-13H2,(H2,28,29). The summed E-state index contributed by atoms with van der Waals surface area (Å²) in [6, 6.07) is 13.6. The van der Waals surface area contributed by atoms with E-state index < -0.39 is 0 Å². The average molecular weight is 487 g/mol. The summed E-state index contributed by atoms with van der Waals surface area (Å²) < 4.78 is 35.1. The summed E-state index contributed by atoms with van der Waals surface area (Å²) in [5, 5.41) is 9.09. The highest BCUT2D eigenvalue weighted by Crippen LogP contribution is 2.34. The van der Waals surface area contributed by atoms with E-state index in [0.717, 1.165) is 0 Å². The Morgan fingerprint density at radius 1 is 1.11 bits per heavy atom. The summed E-state index contributed by atoms with van der Waals surface area (Å²) in [5.41, 5.74) is 7.89. The zero-order valence-corrected chi connectivity index (χ0v) is 18.8. The zero-order chi connectivity index (χ0) is 24.8. The van der Waals surface area contributed by atoms with Crippen molar-refractivity contribution in [1.82, 2.24) is 29.8 Å². The maximum Gasteiger partial charge on any atom is 0.257 e. The quantitative estimate of drug-likeness (QED) is 0.402. The number of hydrogen-bond acceptors (Lipinski definition) is 7. The number of carbonyl (C=O) groups excluding carboxylic acids is 1. The van der Waals surface area contributed by atoms with Crippen LogP contribution in [0.4, 0.5) is 14.6 Å². The van der Waals surface area contributed by atoms with Gasteiger partial charge in [0, 0.05) is 36.3 Å². The first kappa shape index (κ1) is 21.8. The molecule has 1 saturated heterocycles. The summed E-state index contributed by atoms with van der Waals surface area (Å²) in [6.45, 7) is 0.952. The largest absolute Gasteiger partial charge is 0.384 e. The van der Waals surface area contributed by atoms with E-state index in [9.17, 15) is 13.6 Å². The SMILES string of the molecule is Nc1cc(C(=O)N2CC(c3nn(Cc4noc(-c5ccc(F)cc5)n4)c4cccc(F)c34)C2)ccn1. The molecular formula is C25H19F2N7O2. The van der Waals surface area contributed by atoms with E-state index in [4.69, 9.17) is 10.3 Å². The normalized spacial score (nSPS) is 13.8. The molecule has 11 heteroatoms. The molecule has 36 heavy (non-hydrogen) atoms. The van der Waals surface area contributed by atoms with Gasteiger partial charge in [0.25, 0.3) is 11.8 Å². The van der Waals surface area contributed by atoms with Gasteiger partial charge in [0.15, 0.2) is 5.82 Å². The number of halogens is 2. The summed E-state index contributed by atoms with van der Waals surface area (Å²) in [5.74, 6) is -0.182. The van der Waals surface area contributed by atoms with Crippen LogP contribution >= 0.6 is 0 Å². The molecule has 0 atom stereocenters. The molecule has 1 aliphatic heterocycles. The van der Waals surface area contributed by atoms with Crippen molar-refractivity contribution in [3.63, 3.8) is 0 Å². The number of aromatic nitrogens is 5. The molecule has 3 aromatic heterocycles. The second-order valence-electron chi connectivity index (χ2n) is 8.58. The molecule has 0 radical (unpaired) electrons. The highest BCUT2D eigenvalue weighted by molar-refractivity contribution is 5.95. The number of amides is 1. The van der Waals surface area contributed by atoms with Gasteiger partial charge >= 0.3 is 0 Å². The number of nitrogens with two attached hydrogens (primary N) is 1. The number of carbonyl (C=O) groups is 1. The number of nitrogens with zero attached hydrogens (tertiary/aromatic N) is 6. The lowest BCUT2D eigenvalue weighted by atomic mass is 9.93. The van der Waals surface area contributed by atoms with Crippen LogP contribution in [-0.4, -0.2) is 48.8 Å². The molecular weight excluding hydrogens is 468 g/mol. The molecule has 4 heterocycles.